The fourth-order valence-corrected chi connectivity index (χ4v) is 5.97. The quantitative estimate of drug-likeness (QED) is 0.384. The Bertz CT molecular complexity index is 1490. The summed E-state index contributed by atoms with van der Waals surface area (Å²) in [5.74, 6) is -2.47. The second-order valence-corrected chi connectivity index (χ2v) is 11.1. The van der Waals surface area contributed by atoms with Gasteiger partial charge in [-0.1, -0.05) is 30.3 Å². The third-order valence-corrected chi connectivity index (χ3v) is 8.23. The number of alkyl halides is 6. The highest BCUT2D eigenvalue weighted by molar-refractivity contribution is 5.80. The number of halogens is 6. The normalized spacial score (nSPS) is 19.9. The van der Waals surface area contributed by atoms with E-state index in [1.54, 1.807) is 9.80 Å². The zero-order valence-corrected chi connectivity index (χ0v) is 24.2. The first-order valence-electron chi connectivity index (χ1n) is 14.4. The molecule has 0 aliphatic carbocycles. The van der Waals surface area contributed by atoms with Crippen LogP contribution in [0.4, 0.5) is 26.3 Å². The molecular weight excluding hydrogens is 608 g/mol. The van der Waals surface area contributed by atoms with E-state index in [1.807, 2.05) is 30.3 Å². The Morgan fingerprint density at radius 2 is 1.64 bits per heavy atom. The summed E-state index contributed by atoms with van der Waals surface area (Å²) in [4.78, 5) is 28.7. The van der Waals surface area contributed by atoms with Gasteiger partial charge in [-0.25, -0.2) is 0 Å². The SMILES string of the molecule is CC(=O)N1CCC(C(=O)N2CC[C@H](NCc3cc(-n4nnnc4C(F)(F)F)ccc3OC(F)(F)F)[C@H](c3ccccc3)C2)CC1. The molecule has 45 heavy (non-hydrogen) atoms. The molecule has 0 bridgehead atoms. The lowest BCUT2D eigenvalue weighted by atomic mass is 9.84. The van der Waals surface area contributed by atoms with E-state index >= 15 is 0 Å². The molecule has 2 aromatic carbocycles. The van der Waals surface area contributed by atoms with Crippen LogP contribution in [0.15, 0.2) is 48.5 Å². The van der Waals surface area contributed by atoms with E-state index < -0.39 is 24.1 Å². The van der Waals surface area contributed by atoms with E-state index in [2.05, 4.69) is 25.6 Å². The van der Waals surface area contributed by atoms with Crippen LogP contribution in [0.5, 0.6) is 5.75 Å². The number of hydrogen-bond donors (Lipinski definition) is 1. The first kappa shape index (κ1) is 32.2. The summed E-state index contributed by atoms with van der Waals surface area (Å²) in [5, 5.41) is 12.7. The fraction of sp³-hybridized carbons (Fsp3) is 0.483. The van der Waals surface area contributed by atoms with Crippen molar-refractivity contribution < 1.29 is 40.7 Å². The molecule has 1 N–H and O–H groups in total. The molecule has 0 unspecified atom stereocenters. The molecule has 2 atom stereocenters. The number of nitrogens with zero attached hydrogens (tertiary/aromatic N) is 6. The van der Waals surface area contributed by atoms with E-state index in [1.165, 1.54) is 6.92 Å². The van der Waals surface area contributed by atoms with Crippen molar-refractivity contribution in [3.63, 3.8) is 0 Å². The minimum Gasteiger partial charge on any atom is -0.405 e. The zero-order chi connectivity index (χ0) is 32.4. The molecule has 16 heteroatoms. The molecule has 0 spiro atoms. The van der Waals surface area contributed by atoms with Crippen molar-refractivity contribution in [2.45, 2.75) is 57.2 Å². The predicted molar refractivity (Wildman–Crippen MR) is 147 cm³/mol. The summed E-state index contributed by atoms with van der Waals surface area (Å²) in [6.07, 6.45) is -8.33. The van der Waals surface area contributed by atoms with E-state index in [9.17, 15) is 35.9 Å². The topological polar surface area (TPSA) is 105 Å². The van der Waals surface area contributed by atoms with Gasteiger partial charge in [0.25, 0.3) is 5.82 Å². The molecule has 1 aromatic heterocycles. The van der Waals surface area contributed by atoms with Crippen molar-refractivity contribution in [1.82, 2.24) is 35.3 Å². The Labute approximate surface area is 254 Å². The lowest BCUT2D eigenvalue weighted by molar-refractivity contribution is -0.274. The molecule has 0 saturated carbocycles. The van der Waals surface area contributed by atoms with Gasteiger partial charge in [-0.15, -0.1) is 18.3 Å². The van der Waals surface area contributed by atoms with Crippen LogP contribution in [0.25, 0.3) is 5.69 Å². The van der Waals surface area contributed by atoms with Crippen LogP contribution in [0.1, 0.15) is 49.1 Å². The highest BCUT2D eigenvalue weighted by Gasteiger charge is 2.39. The van der Waals surface area contributed by atoms with Gasteiger partial charge >= 0.3 is 12.5 Å². The first-order valence-corrected chi connectivity index (χ1v) is 14.4. The van der Waals surface area contributed by atoms with Crippen LogP contribution < -0.4 is 10.1 Å². The number of likely N-dealkylation sites (tertiary alicyclic amines) is 2. The highest BCUT2D eigenvalue weighted by Crippen LogP contribution is 2.34. The van der Waals surface area contributed by atoms with E-state index in [0.29, 0.717) is 50.1 Å². The van der Waals surface area contributed by atoms with Crippen molar-refractivity contribution in [3.8, 4) is 11.4 Å². The van der Waals surface area contributed by atoms with E-state index in [4.69, 9.17) is 0 Å². The third kappa shape index (κ3) is 7.72. The lowest BCUT2D eigenvalue weighted by Crippen LogP contribution is -2.52. The Balaban J connectivity index is 1.36. The molecule has 10 nitrogen and oxygen atoms in total. The third-order valence-electron chi connectivity index (χ3n) is 8.23. The van der Waals surface area contributed by atoms with Gasteiger partial charge in [-0.05, 0) is 53.5 Å². The number of piperidine rings is 2. The molecule has 2 amide bonds. The fourth-order valence-electron chi connectivity index (χ4n) is 5.97. The standard InChI is InChI=1S/C29H31F6N7O3/c1-18(43)40-12-9-20(10-13-40)26(44)41-14-11-24(23(17-41)19-5-3-2-4-6-19)36-16-21-15-22(7-8-25(21)45-29(33,34)35)42-27(28(30,31)32)37-38-39-42/h2-8,15,20,23-24,36H,9-14,16-17H2,1H3/t23-,24-/m0/s1. The molecule has 2 fully saturated rings. The second kappa shape index (κ2) is 13.0. The summed E-state index contributed by atoms with van der Waals surface area (Å²) in [5.41, 5.74) is 0.661. The number of rotatable bonds is 7. The molecule has 2 saturated heterocycles. The second-order valence-electron chi connectivity index (χ2n) is 11.1. The minimum absolute atomic E-state index is 0.00746. The summed E-state index contributed by atoms with van der Waals surface area (Å²) >= 11 is 0. The van der Waals surface area contributed by atoms with Crippen LogP contribution in [-0.4, -0.2) is 80.4 Å². The molecule has 0 radical (unpaired) electrons. The number of aromatic nitrogens is 4. The van der Waals surface area contributed by atoms with Crippen molar-refractivity contribution in [1.29, 1.82) is 0 Å². The molecule has 2 aliphatic rings. The highest BCUT2D eigenvalue weighted by atomic mass is 19.4. The van der Waals surface area contributed by atoms with Gasteiger partial charge < -0.3 is 19.9 Å². The average Bonchev–Trinajstić information content (AvgIpc) is 3.51. The number of nitrogens with one attached hydrogen (secondary N) is 1. The van der Waals surface area contributed by atoms with Gasteiger partial charge in [0.05, 0.1) is 5.69 Å². The maximum atomic E-state index is 13.5. The van der Waals surface area contributed by atoms with Crippen molar-refractivity contribution in [3.05, 3.63) is 65.5 Å². The van der Waals surface area contributed by atoms with Crippen LogP contribution in [0.2, 0.25) is 0 Å². The molecule has 2 aliphatic heterocycles. The first-order chi connectivity index (χ1) is 21.3. The van der Waals surface area contributed by atoms with Crippen LogP contribution in [0, 0.1) is 5.92 Å². The average molecular weight is 640 g/mol. The predicted octanol–water partition coefficient (Wildman–Crippen LogP) is 4.31. The molecule has 3 aromatic rings. The lowest BCUT2D eigenvalue weighted by Gasteiger charge is -2.42. The van der Waals surface area contributed by atoms with Crippen molar-refractivity contribution in [2.24, 2.45) is 5.92 Å². The summed E-state index contributed by atoms with van der Waals surface area (Å²) in [6.45, 7) is 3.11. The van der Waals surface area contributed by atoms with Crippen LogP contribution in [-0.2, 0) is 22.3 Å². The van der Waals surface area contributed by atoms with Gasteiger partial charge in [0.2, 0.25) is 11.8 Å². The van der Waals surface area contributed by atoms with Crippen LogP contribution in [0.3, 0.4) is 0 Å². The Morgan fingerprint density at radius 1 is 0.956 bits per heavy atom. The number of hydrogen-bond acceptors (Lipinski definition) is 7. The smallest absolute Gasteiger partial charge is 0.405 e. The number of carbonyl (C=O) groups excluding carboxylic acids is 2. The Hall–Kier alpha value is -4.21. The molecule has 5 rings (SSSR count). The van der Waals surface area contributed by atoms with Gasteiger partial charge in [0, 0.05) is 63.1 Å². The molecule has 242 valence electrons. The number of benzene rings is 2. The van der Waals surface area contributed by atoms with Gasteiger partial charge in [-0.3, -0.25) is 9.59 Å². The van der Waals surface area contributed by atoms with Crippen LogP contribution >= 0.6 is 0 Å². The summed E-state index contributed by atoms with van der Waals surface area (Å²) < 4.78 is 84.6. The van der Waals surface area contributed by atoms with E-state index in [0.717, 1.165) is 23.8 Å². The molecule has 3 heterocycles. The largest absolute Gasteiger partial charge is 0.573 e. The summed E-state index contributed by atoms with van der Waals surface area (Å²) in [6, 6.07) is 12.1. The number of carbonyl (C=O) groups is 2. The van der Waals surface area contributed by atoms with Crippen molar-refractivity contribution >= 4 is 11.8 Å². The maximum absolute atomic E-state index is 13.5. The molecular formula is C29H31F6N7O3. The monoisotopic (exact) mass is 639 g/mol. The Kier molecular flexibility index (Phi) is 9.32. The number of ether oxygens (including phenoxy) is 1. The minimum atomic E-state index is -5.04. The number of amides is 2. The van der Waals surface area contributed by atoms with E-state index in [-0.39, 0.29) is 47.5 Å². The summed E-state index contributed by atoms with van der Waals surface area (Å²) in [7, 11) is 0. The van der Waals surface area contributed by atoms with Gasteiger partial charge in [-0.2, -0.15) is 17.9 Å². The zero-order valence-electron chi connectivity index (χ0n) is 24.2. The Morgan fingerprint density at radius 3 is 2.29 bits per heavy atom. The number of tetrazole rings is 1. The van der Waals surface area contributed by atoms with Gasteiger partial charge in [0.15, 0.2) is 0 Å². The maximum Gasteiger partial charge on any atom is 0.573 e. The van der Waals surface area contributed by atoms with Crippen molar-refractivity contribution in [2.75, 3.05) is 26.2 Å². The van der Waals surface area contributed by atoms with Gasteiger partial charge in [0.1, 0.15) is 5.75 Å².